The summed E-state index contributed by atoms with van der Waals surface area (Å²) in [6.07, 6.45) is -0.679. The van der Waals surface area contributed by atoms with E-state index < -0.39 is 6.10 Å². The zero-order valence-electron chi connectivity index (χ0n) is 9.98. The van der Waals surface area contributed by atoms with E-state index in [1.807, 2.05) is 6.92 Å². The fourth-order valence-corrected chi connectivity index (χ4v) is 1.82. The first-order valence-corrected chi connectivity index (χ1v) is 5.34. The van der Waals surface area contributed by atoms with Crippen molar-refractivity contribution in [3.8, 4) is 11.4 Å². The standard InChI is InChI=1S/C12H14FN3O/c1-7-6-9(13)4-5-10(7)12-15-14-11(8(2)17)16(12)3/h4-6,8,17H,1-3H3. The Bertz CT molecular complexity index is 549. The van der Waals surface area contributed by atoms with E-state index in [0.717, 1.165) is 11.1 Å². The summed E-state index contributed by atoms with van der Waals surface area (Å²) in [5.74, 6) is 0.839. The zero-order chi connectivity index (χ0) is 12.6. The number of halogens is 1. The van der Waals surface area contributed by atoms with Crippen molar-refractivity contribution in [2.45, 2.75) is 20.0 Å². The first-order valence-electron chi connectivity index (χ1n) is 5.34. The van der Waals surface area contributed by atoms with Crippen LogP contribution in [0.2, 0.25) is 0 Å². The Morgan fingerprint density at radius 3 is 2.59 bits per heavy atom. The number of aliphatic hydroxyl groups excluding tert-OH is 1. The molecule has 5 heteroatoms. The highest BCUT2D eigenvalue weighted by atomic mass is 19.1. The van der Waals surface area contributed by atoms with Crippen molar-refractivity contribution in [1.82, 2.24) is 14.8 Å². The van der Waals surface area contributed by atoms with Crippen LogP contribution in [0.3, 0.4) is 0 Å². The smallest absolute Gasteiger partial charge is 0.164 e. The molecule has 0 aliphatic rings. The van der Waals surface area contributed by atoms with Gasteiger partial charge in [-0.1, -0.05) is 0 Å². The maximum atomic E-state index is 13.0. The van der Waals surface area contributed by atoms with E-state index in [-0.39, 0.29) is 5.82 Å². The van der Waals surface area contributed by atoms with Crippen molar-refractivity contribution in [2.24, 2.45) is 7.05 Å². The van der Waals surface area contributed by atoms with Crippen LogP contribution in [0.25, 0.3) is 11.4 Å². The number of aromatic nitrogens is 3. The molecule has 1 aromatic carbocycles. The monoisotopic (exact) mass is 235 g/mol. The summed E-state index contributed by atoms with van der Waals surface area (Å²) in [6.45, 7) is 3.44. The fraction of sp³-hybridized carbons (Fsp3) is 0.333. The Kier molecular flexibility index (Phi) is 2.93. The SMILES string of the molecule is Cc1cc(F)ccc1-c1nnc(C(C)O)n1C. The highest BCUT2D eigenvalue weighted by Gasteiger charge is 2.15. The Labute approximate surface area is 98.7 Å². The van der Waals surface area contributed by atoms with Crippen molar-refractivity contribution in [1.29, 1.82) is 0 Å². The first kappa shape index (κ1) is 11.7. The Balaban J connectivity index is 2.54. The van der Waals surface area contributed by atoms with Gasteiger partial charge in [0, 0.05) is 12.6 Å². The number of hydrogen-bond acceptors (Lipinski definition) is 3. The molecule has 1 aromatic heterocycles. The van der Waals surface area contributed by atoms with Gasteiger partial charge >= 0.3 is 0 Å². The van der Waals surface area contributed by atoms with Gasteiger partial charge in [-0.05, 0) is 37.6 Å². The molecule has 2 aromatic rings. The summed E-state index contributed by atoms with van der Waals surface area (Å²) in [7, 11) is 1.78. The van der Waals surface area contributed by atoms with Crippen LogP contribution in [0.1, 0.15) is 24.4 Å². The van der Waals surface area contributed by atoms with E-state index >= 15 is 0 Å². The lowest BCUT2D eigenvalue weighted by atomic mass is 10.1. The summed E-state index contributed by atoms with van der Waals surface area (Å²) in [5.41, 5.74) is 1.60. The van der Waals surface area contributed by atoms with Gasteiger partial charge in [-0.15, -0.1) is 10.2 Å². The van der Waals surface area contributed by atoms with Crippen molar-refractivity contribution < 1.29 is 9.50 Å². The third-order valence-corrected chi connectivity index (χ3v) is 2.71. The second-order valence-electron chi connectivity index (χ2n) is 4.08. The molecular weight excluding hydrogens is 221 g/mol. The summed E-state index contributed by atoms with van der Waals surface area (Å²) in [4.78, 5) is 0. The normalized spacial score (nSPS) is 12.8. The van der Waals surface area contributed by atoms with Crippen LogP contribution in [0.4, 0.5) is 4.39 Å². The molecule has 0 aliphatic heterocycles. The van der Waals surface area contributed by atoms with Gasteiger partial charge in [-0.2, -0.15) is 0 Å². The minimum absolute atomic E-state index is 0.274. The van der Waals surface area contributed by atoms with Crippen LogP contribution in [0, 0.1) is 12.7 Å². The molecule has 0 amide bonds. The highest BCUT2D eigenvalue weighted by molar-refractivity contribution is 5.60. The summed E-state index contributed by atoms with van der Waals surface area (Å²) >= 11 is 0. The van der Waals surface area contributed by atoms with Crippen LogP contribution in [-0.4, -0.2) is 19.9 Å². The number of nitrogens with zero attached hydrogens (tertiary/aromatic N) is 3. The van der Waals surface area contributed by atoms with Crippen molar-refractivity contribution in [3.05, 3.63) is 35.4 Å². The van der Waals surface area contributed by atoms with Gasteiger partial charge in [0.1, 0.15) is 11.9 Å². The summed E-state index contributed by atoms with van der Waals surface area (Å²) in [6, 6.07) is 4.51. The maximum absolute atomic E-state index is 13.0. The molecule has 0 fully saturated rings. The lowest BCUT2D eigenvalue weighted by Gasteiger charge is -2.07. The van der Waals surface area contributed by atoms with E-state index in [1.54, 1.807) is 24.6 Å². The third-order valence-electron chi connectivity index (χ3n) is 2.71. The number of rotatable bonds is 2. The van der Waals surface area contributed by atoms with Gasteiger partial charge in [0.15, 0.2) is 11.6 Å². The molecule has 0 spiro atoms. The first-order chi connectivity index (χ1) is 8.00. The number of hydrogen-bond donors (Lipinski definition) is 1. The molecule has 1 unspecified atom stereocenters. The maximum Gasteiger partial charge on any atom is 0.164 e. The van der Waals surface area contributed by atoms with Gasteiger partial charge in [0.2, 0.25) is 0 Å². The summed E-state index contributed by atoms with van der Waals surface area (Å²) < 4.78 is 14.7. The summed E-state index contributed by atoms with van der Waals surface area (Å²) in [5, 5.41) is 17.4. The van der Waals surface area contributed by atoms with Crippen molar-refractivity contribution in [3.63, 3.8) is 0 Å². The molecule has 90 valence electrons. The van der Waals surface area contributed by atoms with E-state index in [9.17, 15) is 9.50 Å². The fourth-order valence-electron chi connectivity index (χ4n) is 1.82. The molecule has 1 atom stereocenters. The van der Waals surface area contributed by atoms with Crippen molar-refractivity contribution in [2.75, 3.05) is 0 Å². The molecule has 4 nitrogen and oxygen atoms in total. The van der Waals surface area contributed by atoms with E-state index in [0.29, 0.717) is 11.6 Å². The van der Waals surface area contributed by atoms with Gasteiger partial charge in [-0.25, -0.2) is 4.39 Å². The Morgan fingerprint density at radius 1 is 1.35 bits per heavy atom. The predicted molar refractivity (Wildman–Crippen MR) is 61.8 cm³/mol. The second kappa shape index (κ2) is 4.25. The molecular formula is C12H14FN3O. The Hall–Kier alpha value is -1.75. The van der Waals surface area contributed by atoms with Crippen LogP contribution in [0.5, 0.6) is 0 Å². The average molecular weight is 235 g/mol. The highest BCUT2D eigenvalue weighted by Crippen LogP contribution is 2.23. The Morgan fingerprint density at radius 2 is 2.06 bits per heavy atom. The molecule has 0 saturated heterocycles. The molecule has 0 radical (unpaired) electrons. The number of aryl methyl sites for hydroxylation is 1. The topological polar surface area (TPSA) is 50.9 Å². The van der Waals surface area contributed by atoms with Crippen LogP contribution >= 0.6 is 0 Å². The van der Waals surface area contributed by atoms with E-state index in [2.05, 4.69) is 10.2 Å². The van der Waals surface area contributed by atoms with Crippen LogP contribution < -0.4 is 0 Å². The number of benzene rings is 1. The van der Waals surface area contributed by atoms with Crippen molar-refractivity contribution >= 4 is 0 Å². The predicted octanol–water partition coefficient (Wildman–Crippen LogP) is 1.98. The van der Waals surface area contributed by atoms with Gasteiger partial charge in [0.05, 0.1) is 0 Å². The minimum atomic E-state index is -0.679. The largest absolute Gasteiger partial charge is 0.385 e. The molecule has 1 heterocycles. The second-order valence-corrected chi connectivity index (χ2v) is 4.08. The molecule has 2 rings (SSSR count). The van der Waals surface area contributed by atoms with Gasteiger partial charge in [-0.3, -0.25) is 0 Å². The number of aliphatic hydroxyl groups is 1. The molecule has 0 saturated carbocycles. The average Bonchev–Trinajstić information content (AvgIpc) is 2.60. The quantitative estimate of drug-likeness (QED) is 0.866. The third kappa shape index (κ3) is 2.06. The van der Waals surface area contributed by atoms with Crippen LogP contribution in [0.15, 0.2) is 18.2 Å². The molecule has 0 aliphatic carbocycles. The molecule has 1 N–H and O–H groups in total. The van der Waals surface area contributed by atoms with E-state index in [1.165, 1.54) is 12.1 Å². The molecule has 17 heavy (non-hydrogen) atoms. The lowest BCUT2D eigenvalue weighted by Crippen LogP contribution is -2.03. The van der Waals surface area contributed by atoms with E-state index in [4.69, 9.17) is 0 Å². The van der Waals surface area contributed by atoms with Gasteiger partial charge in [0.25, 0.3) is 0 Å². The van der Waals surface area contributed by atoms with Crippen LogP contribution in [-0.2, 0) is 7.05 Å². The lowest BCUT2D eigenvalue weighted by molar-refractivity contribution is 0.185. The minimum Gasteiger partial charge on any atom is -0.385 e. The zero-order valence-corrected chi connectivity index (χ0v) is 9.98. The molecule has 0 bridgehead atoms. The van der Waals surface area contributed by atoms with Gasteiger partial charge < -0.3 is 9.67 Å².